The maximum absolute atomic E-state index is 10.7. The Labute approximate surface area is 213 Å². The van der Waals surface area contributed by atoms with E-state index in [1.807, 2.05) is 24.5 Å². The fourth-order valence-corrected chi connectivity index (χ4v) is 7.19. The smallest absolute Gasteiger partial charge is 0.147 e. The molecule has 0 radical (unpaired) electrons. The molecule has 2 saturated carbocycles. The first kappa shape index (κ1) is 23.5. The van der Waals surface area contributed by atoms with Gasteiger partial charge in [0.1, 0.15) is 11.6 Å². The van der Waals surface area contributed by atoms with E-state index in [-0.39, 0.29) is 16.8 Å². The topological polar surface area (TPSA) is 90.0 Å². The molecule has 1 saturated heterocycles. The first-order chi connectivity index (χ1) is 17.5. The zero-order valence-electron chi connectivity index (χ0n) is 21.3. The van der Waals surface area contributed by atoms with E-state index in [1.54, 1.807) is 18.5 Å². The van der Waals surface area contributed by atoms with E-state index in [9.17, 15) is 5.11 Å². The van der Waals surface area contributed by atoms with Crippen LogP contribution in [0.25, 0.3) is 22.4 Å². The Kier molecular flexibility index (Phi) is 6.20. The SMILES string of the molecule is CN(c1cnc(-c2ccc(-c3cn[nH]c3)cc2O)cn1)C1CC2(CCCCC2)NC2(CCCCC2)C1. The average molecular weight is 487 g/mol. The summed E-state index contributed by atoms with van der Waals surface area (Å²) in [4.78, 5) is 11.9. The Morgan fingerprint density at radius 3 is 2.11 bits per heavy atom. The first-order valence-electron chi connectivity index (χ1n) is 13.7. The van der Waals surface area contributed by atoms with Gasteiger partial charge in [-0.2, -0.15) is 5.10 Å². The lowest BCUT2D eigenvalue weighted by Gasteiger charge is -2.57. The summed E-state index contributed by atoms with van der Waals surface area (Å²) in [5.74, 6) is 1.11. The highest BCUT2D eigenvalue weighted by Gasteiger charge is 2.49. The van der Waals surface area contributed by atoms with Gasteiger partial charge in [0, 0.05) is 41.5 Å². The van der Waals surface area contributed by atoms with E-state index in [0.717, 1.165) is 16.9 Å². The van der Waals surface area contributed by atoms with Crippen molar-refractivity contribution < 1.29 is 5.11 Å². The Morgan fingerprint density at radius 1 is 0.861 bits per heavy atom. The van der Waals surface area contributed by atoms with Crippen molar-refractivity contribution in [2.24, 2.45) is 0 Å². The van der Waals surface area contributed by atoms with Gasteiger partial charge in [-0.1, -0.05) is 44.6 Å². The van der Waals surface area contributed by atoms with Gasteiger partial charge in [-0.25, -0.2) is 4.98 Å². The molecule has 0 bridgehead atoms. The first-order valence-corrected chi connectivity index (χ1v) is 13.7. The maximum Gasteiger partial charge on any atom is 0.147 e. The van der Waals surface area contributed by atoms with Crippen LogP contribution in [0.1, 0.15) is 77.0 Å². The molecular formula is C29H38N6O. The van der Waals surface area contributed by atoms with Crippen molar-refractivity contribution in [2.75, 3.05) is 11.9 Å². The molecule has 3 heterocycles. The van der Waals surface area contributed by atoms with Crippen LogP contribution in [0.5, 0.6) is 5.75 Å². The molecule has 0 amide bonds. The van der Waals surface area contributed by atoms with Crippen molar-refractivity contribution in [2.45, 2.75) is 94.2 Å². The summed E-state index contributed by atoms with van der Waals surface area (Å²) in [6.45, 7) is 0. The minimum Gasteiger partial charge on any atom is -0.507 e. The molecule has 3 fully saturated rings. The van der Waals surface area contributed by atoms with E-state index >= 15 is 0 Å². The van der Waals surface area contributed by atoms with Crippen LogP contribution in [0.3, 0.4) is 0 Å². The molecule has 0 unspecified atom stereocenters. The number of benzene rings is 1. The number of hydrogen-bond acceptors (Lipinski definition) is 6. The number of aromatic amines is 1. The van der Waals surface area contributed by atoms with E-state index < -0.39 is 0 Å². The quantitative estimate of drug-likeness (QED) is 0.430. The van der Waals surface area contributed by atoms with Gasteiger partial charge in [0.15, 0.2) is 0 Å². The molecule has 2 aromatic heterocycles. The molecular weight excluding hydrogens is 448 g/mol. The molecule has 0 atom stereocenters. The van der Waals surface area contributed by atoms with Crippen molar-refractivity contribution in [3.63, 3.8) is 0 Å². The van der Waals surface area contributed by atoms with E-state index in [4.69, 9.17) is 9.97 Å². The van der Waals surface area contributed by atoms with Gasteiger partial charge in [0.05, 0.1) is 24.3 Å². The molecule has 2 spiro atoms. The summed E-state index contributed by atoms with van der Waals surface area (Å²) in [5, 5.41) is 21.8. The van der Waals surface area contributed by atoms with Gasteiger partial charge in [-0.15, -0.1) is 0 Å². The van der Waals surface area contributed by atoms with Crippen LogP contribution in [0.2, 0.25) is 0 Å². The number of H-pyrrole nitrogens is 1. The zero-order valence-corrected chi connectivity index (χ0v) is 21.3. The second-order valence-electron chi connectivity index (χ2n) is 11.5. The van der Waals surface area contributed by atoms with Gasteiger partial charge in [-0.05, 0) is 56.2 Å². The number of hydrogen-bond donors (Lipinski definition) is 3. The summed E-state index contributed by atoms with van der Waals surface area (Å²) in [5.41, 5.74) is 3.78. The third kappa shape index (κ3) is 4.49. The third-order valence-corrected chi connectivity index (χ3v) is 9.06. The number of anilines is 1. The van der Waals surface area contributed by atoms with Crippen LogP contribution in [0.4, 0.5) is 5.82 Å². The van der Waals surface area contributed by atoms with Crippen LogP contribution in [0.15, 0.2) is 43.0 Å². The Bertz CT molecular complexity index is 1140. The Morgan fingerprint density at radius 2 is 1.56 bits per heavy atom. The molecule has 7 nitrogen and oxygen atoms in total. The number of nitrogens with zero attached hydrogens (tertiary/aromatic N) is 4. The fraction of sp³-hybridized carbons (Fsp3) is 0.552. The second kappa shape index (κ2) is 9.51. The van der Waals surface area contributed by atoms with Crippen LogP contribution in [-0.4, -0.2) is 49.4 Å². The van der Waals surface area contributed by atoms with Gasteiger partial charge in [0.25, 0.3) is 0 Å². The highest BCUT2D eigenvalue weighted by atomic mass is 16.3. The number of aromatic nitrogens is 4. The van der Waals surface area contributed by atoms with Crippen molar-refractivity contribution in [3.8, 4) is 28.1 Å². The summed E-state index contributed by atoms with van der Waals surface area (Å²) in [7, 11) is 2.20. The molecule has 7 heteroatoms. The van der Waals surface area contributed by atoms with Gasteiger partial charge < -0.3 is 15.3 Å². The minimum absolute atomic E-state index is 0.195. The standard InChI is InChI=1S/C29H38N6O/c1-35(23-15-28(10-4-2-5-11-28)34-29(16-23)12-6-3-7-13-29)27-20-30-25(19-31-27)24-9-8-21(14-26(24)36)22-17-32-33-18-22/h8-9,14,17-20,23,34,36H,2-7,10-13,15-16H2,1H3,(H,32,33). The van der Waals surface area contributed by atoms with E-state index in [2.05, 4.69) is 27.5 Å². The van der Waals surface area contributed by atoms with Gasteiger partial charge in [0.2, 0.25) is 0 Å². The molecule has 1 aromatic carbocycles. The van der Waals surface area contributed by atoms with Crippen LogP contribution < -0.4 is 10.2 Å². The summed E-state index contributed by atoms with van der Waals surface area (Å²) >= 11 is 0. The van der Waals surface area contributed by atoms with Crippen molar-refractivity contribution in [1.29, 1.82) is 0 Å². The van der Waals surface area contributed by atoms with Crippen molar-refractivity contribution in [3.05, 3.63) is 43.0 Å². The Balaban J connectivity index is 1.23. The summed E-state index contributed by atoms with van der Waals surface area (Å²) < 4.78 is 0. The number of rotatable bonds is 4. The molecule has 190 valence electrons. The molecule has 3 N–H and O–H groups in total. The zero-order chi connectivity index (χ0) is 24.6. The molecule has 1 aliphatic heterocycles. The molecule has 2 aliphatic carbocycles. The Hall–Kier alpha value is -2.93. The monoisotopic (exact) mass is 486 g/mol. The average Bonchev–Trinajstić information content (AvgIpc) is 3.44. The highest BCUT2D eigenvalue weighted by Crippen LogP contribution is 2.46. The second-order valence-corrected chi connectivity index (χ2v) is 11.5. The maximum atomic E-state index is 10.7. The largest absolute Gasteiger partial charge is 0.507 e. The van der Waals surface area contributed by atoms with Crippen molar-refractivity contribution in [1.82, 2.24) is 25.5 Å². The van der Waals surface area contributed by atoms with Crippen LogP contribution in [0, 0.1) is 0 Å². The summed E-state index contributed by atoms with van der Waals surface area (Å²) in [6, 6.07) is 6.09. The predicted octanol–water partition coefficient (Wildman–Crippen LogP) is 5.83. The highest BCUT2D eigenvalue weighted by molar-refractivity contribution is 5.73. The van der Waals surface area contributed by atoms with E-state index in [0.29, 0.717) is 17.3 Å². The number of aromatic hydroxyl groups is 1. The van der Waals surface area contributed by atoms with Gasteiger partial charge in [-0.3, -0.25) is 10.1 Å². The molecule has 3 aromatic rings. The lowest BCUT2D eigenvalue weighted by atomic mass is 9.65. The van der Waals surface area contributed by atoms with E-state index in [1.165, 1.54) is 77.0 Å². The normalized spacial score (nSPS) is 23.1. The number of phenolic OH excluding ortho intramolecular Hbond substituents is 1. The lowest BCUT2D eigenvalue weighted by molar-refractivity contribution is 0.0540. The molecule has 36 heavy (non-hydrogen) atoms. The third-order valence-electron chi connectivity index (χ3n) is 9.06. The fourth-order valence-electron chi connectivity index (χ4n) is 7.19. The minimum atomic E-state index is 0.195. The number of piperidine rings is 1. The number of phenols is 1. The van der Waals surface area contributed by atoms with Crippen LogP contribution in [-0.2, 0) is 0 Å². The lowest BCUT2D eigenvalue weighted by Crippen LogP contribution is -2.67. The van der Waals surface area contributed by atoms with Gasteiger partial charge >= 0.3 is 0 Å². The predicted molar refractivity (Wildman–Crippen MR) is 143 cm³/mol. The molecule has 6 rings (SSSR count). The van der Waals surface area contributed by atoms with Crippen molar-refractivity contribution >= 4 is 5.82 Å². The molecule has 3 aliphatic rings. The van der Waals surface area contributed by atoms with Crippen LogP contribution >= 0.6 is 0 Å². The summed E-state index contributed by atoms with van der Waals surface area (Å²) in [6.07, 6.45) is 22.9. The number of nitrogens with one attached hydrogen (secondary N) is 2.